The van der Waals surface area contributed by atoms with Crippen LogP contribution < -0.4 is 0 Å². The van der Waals surface area contributed by atoms with Gasteiger partial charge >= 0.3 is 5.97 Å². The average Bonchev–Trinajstić information content (AvgIpc) is 3.13. The van der Waals surface area contributed by atoms with E-state index < -0.39 is 14.1 Å². The van der Waals surface area contributed by atoms with Crippen molar-refractivity contribution < 1.29 is 14.1 Å². The van der Waals surface area contributed by atoms with Crippen LogP contribution in [0.25, 0.3) is 0 Å². The van der Waals surface area contributed by atoms with Crippen molar-refractivity contribution in [3.05, 3.63) is 68.7 Å². The normalized spacial score (nSPS) is 15.6. The molecule has 0 radical (unpaired) electrons. The SMILES string of the molecule is Cc1cccc(C)c1C(=O)P(OC(=O)c1c(Cl)cccc1Cl)C1CCCC1. The number of aryl methyl sites for hydroxylation is 2. The van der Waals surface area contributed by atoms with E-state index in [2.05, 4.69) is 0 Å². The van der Waals surface area contributed by atoms with Crippen LogP contribution in [0.2, 0.25) is 10.0 Å². The fourth-order valence-corrected chi connectivity index (χ4v) is 6.30. The van der Waals surface area contributed by atoms with E-state index in [0.717, 1.165) is 36.8 Å². The first-order valence-corrected chi connectivity index (χ1v) is 11.0. The van der Waals surface area contributed by atoms with E-state index >= 15 is 0 Å². The molecular formula is C21H21Cl2O3P. The van der Waals surface area contributed by atoms with Crippen LogP contribution in [0.4, 0.5) is 0 Å². The van der Waals surface area contributed by atoms with Crippen LogP contribution in [0.5, 0.6) is 0 Å². The number of halogens is 2. The van der Waals surface area contributed by atoms with Gasteiger partial charge in [-0.25, -0.2) is 4.79 Å². The molecule has 0 heterocycles. The third kappa shape index (κ3) is 4.37. The minimum absolute atomic E-state index is 0.0796. The van der Waals surface area contributed by atoms with E-state index in [1.165, 1.54) is 0 Å². The van der Waals surface area contributed by atoms with E-state index in [-0.39, 0.29) is 26.8 Å². The molecule has 2 aromatic carbocycles. The van der Waals surface area contributed by atoms with Crippen molar-refractivity contribution in [3.63, 3.8) is 0 Å². The zero-order valence-electron chi connectivity index (χ0n) is 15.3. The molecule has 3 rings (SSSR count). The van der Waals surface area contributed by atoms with Crippen LogP contribution in [-0.4, -0.2) is 17.2 Å². The lowest BCUT2D eigenvalue weighted by Crippen LogP contribution is -2.16. The molecule has 142 valence electrons. The summed E-state index contributed by atoms with van der Waals surface area (Å²) in [6.07, 6.45) is 3.89. The van der Waals surface area contributed by atoms with Crippen LogP contribution in [0.3, 0.4) is 0 Å². The average molecular weight is 423 g/mol. The van der Waals surface area contributed by atoms with E-state index in [1.807, 2.05) is 32.0 Å². The van der Waals surface area contributed by atoms with Crippen LogP contribution >= 0.6 is 31.4 Å². The van der Waals surface area contributed by atoms with Crippen molar-refractivity contribution in [2.45, 2.75) is 45.2 Å². The number of hydrogen-bond acceptors (Lipinski definition) is 3. The van der Waals surface area contributed by atoms with Gasteiger partial charge in [-0.15, -0.1) is 0 Å². The molecule has 0 spiro atoms. The van der Waals surface area contributed by atoms with Gasteiger partial charge in [-0.3, -0.25) is 4.79 Å². The van der Waals surface area contributed by atoms with Crippen molar-refractivity contribution in [1.82, 2.24) is 0 Å². The molecule has 0 aromatic heterocycles. The third-order valence-corrected chi connectivity index (χ3v) is 7.70. The lowest BCUT2D eigenvalue weighted by Gasteiger charge is -2.23. The van der Waals surface area contributed by atoms with Crippen molar-refractivity contribution in [2.75, 3.05) is 0 Å². The van der Waals surface area contributed by atoms with Crippen molar-refractivity contribution >= 4 is 42.8 Å². The Hall–Kier alpha value is -1.41. The Bertz CT molecular complexity index is 835. The Morgan fingerprint density at radius 3 is 2.00 bits per heavy atom. The minimum atomic E-state index is -1.63. The maximum atomic E-state index is 13.4. The molecule has 27 heavy (non-hydrogen) atoms. The standard InChI is InChI=1S/C21H21Cl2O3P/c1-13-7-5-8-14(2)18(13)21(25)27(15-9-3-4-10-15)26-20(24)19-16(22)11-6-12-17(19)23/h5-8,11-12,15H,3-4,9-10H2,1-2H3. The van der Waals surface area contributed by atoms with Crippen molar-refractivity contribution in [1.29, 1.82) is 0 Å². The van der Waals surface area contributed by atoms with Crippen molar-refractivity contribution in [2.24, 2.45) is 0 Å². The molecule has 1 aliphatic carbocycles. The predicted molar refractivity (Wildman–Crippen MR) is 111 cm³/mol. The number of benzene rings is 2. The van der Waals surface area contributed by atoms with Gasteiger partial charge in [0.2, 0.25) is 5.52 Å². The first-order chi connectivity index (χ1) is 12.9. The van der Waals surface area contributed by atoms with E-state index in [1.54, 1.807) is 18.2 Å². The molecular weight excluding hydrogens is 402 g/mol. The molecule has 2 aromatic rings. The first kappa shape index (κ1) is 20.3. The summed E-state index contributed by atoms with van der Waals surface area (Å²) >= 11 is 12.3. The Morgan fingerprint density at radius 1 is 0.926 bits per heavy atom. The Balaban J connectivity index is 1.95. The molecule has 1 fully saturated rings. The fourth-order valence-electron chi connectivity index (χ4n) is 3.51. The Kier molecular flexibility index (Phi) is 6.57. The molecule has 0 amide bonds. The summed E-state index contributed by atoms with van der Waals surface area (Å²) in [4.78, 5) is 26.2. The van der Waals surface area contributed by atoms with Gasteiger partial charge in [-0.2, -0.15) is 0 Å². The number of carbonyl (C=O) groups is 2. The molecule has 0 aliphatic heterocycles. The summed E-state index contributed by atoms with van der Waals surface area (Å²) in [6, 6.07) is 10.6. The van der Waals surface area contributed by atoms with E-state index in [0.29, 0.717) is 5.56 Å². The van der Waals surface area contributed by atoms with Crippen LogP contribution in [-0.2, 0) is 4.52 Å². The molecule has 3 nitrogen and oxygen atoms in total. The minimum Gasteiger partial charge on any atom is -0.433 e. The van der Waals surface area contributed by atoms with Gasteiger partial charge in [-0.05, 0) is 49.9 Å². The first-order valence-electron chi connectivity index (χ1n) is 8.96. The highest BCUT2D eigenvalue weighted by atomic mass is 35.5. The maximum absolute atomic E-state index is 13.4. The quantitative estimate of drug-likeness (QED) is 0.489. The molecule has 0 bridgehead atoms. The van der Waals surface area contributed by atoms with Gasteiger partial charge in [0.05, 0.1) is 15.6 Å². The summed E-state index contributed by atoms with van der Waals surface area (Å²) in [5.74, 6) is -0.622. The van der Waals surface area contributed by atoms with E-state index in [4.69, 9.17) is 27.7 Å². The van der Waals surface area contributed by atoms with E-state index in [9.17, 15) is 9.59 Å². The summed E-state index contributed by atoms with van der Waals surface area (Å²) < 4.78 is 5.82. The monoisotopic (exact) mass is 422 g/mol. The molecule has 0 saturated heterocycles. The zero-order valence-corrected chi connectivity index (χ0v) is 17.7. The lowest BCUT2D eigenvalue weighted by atomic mass is 10.0. The lowest BCUT2D eigenvalue weighted by molar-refractivity contribution is 0.0742. The molecule has 1 atom stereocenters. The second kappa shape index (κ2) is 8.73. The number of rotatable bonds is 5. The molecule has 1 aliphatic rings. The second-order valence-corrected chi connectivity index (χ2v) is 9.60. The predicted octanol–water partition coefficient (Wildman–Crippen LogP) is 6.95. The molecule has 1 unspecified atom stereocenters. The second-order valence-electron chi connectivity index (χ2n) is 6.81. The largest absolute Gasteiger partial charge is 0.433 e. The fraction of sp³-hybridized carbons (Fsp3) is 0.333. The highest BCUT2D eigenvalue weighted by Crippen LogP contribution is 2.53. The smallest absolute Gasteiger partial charge is 0.344 e. The zero-order chi connectivity index (χ0) is 19.6. The number of carbonyl (C=O) groups excluding carboxylic acids is 2. The maximum Gasteiger partial charge on any atom is 0.344 e. The molecule has 1 saturated carbocycles. The van der Waals surface area contributed by atoms with Gasteiger partial charge in [0.15, 0.2) is 8.15 Å². The Morgan fingerprint density at radius 2 is 1.44 bits per heavy atom. The summed E-state index contributed by atoms with van der Waals surface area (Å²) in [6.45, 7) is 3.82. The highest BCUT2D eigenvalue weighted by molar-refractivity contribution is 7.72. The Labute approximate surface area is 170 Å². The van der Waals surface area contributed by atoms with Gasteiger partial charge in [0.25, 0.3) is 0 Å². The van der Waals surface area contributed by atoms with Crippen LogP contribution in [0.1, 0.15) is 57.5 Å². The topological polar surface area (TPSA) is 43.4 Å². The third-order valence-electron chi connectivity index (χ3n) is 4.90. The summed E-state index contributed by atoms with van der Waals surface area (Å²) in [5, 5.41) is 0.460. The van der Waals surface area contributed by atoms with Gasteiger partial charge in [-0.1, -0.05) is 60.3 Å². The van der Waals surface area contributed by atoms with Gasteiger partial charge in [0, 0.05) is 11.2 Å². The molecule has 6 heteroatoms. The summed E-state index contributed by atoms with van der Waals surface area (Å²) in [7, 11) is -1.63. The molecule has 0 N–H and O–H groups in total. The summed E-state index contributed by atoms with van der Waals surface area (Å²) in [5.41, 5.74) is 2.59. The van der Waals surface area contributed by atoms with Gasteiger partial charge in [0.1, 0.15) is 0 Å². The number of hydrogen-bond donors (Lipinski definition) is 0. The highest BCUT2D eigenvalue weighted by Gasteiger charge is 2.37. The van der Waals surface area contributed by atoms with Crippen LogP contribution in [0.15, 0.2) is 36.4 Å². The van der Waals surface area contributed by atoms with Gasteiger partial charge < -0.3 is 4.52 Å². The van der Waals surface area contributed by atoms with Crippen molar-refractivity contribution in [3.8, 4) is 0 Å². The van der Waals surface area contributed by atoms with Crippen LogP contribution in [0, 0.1) is 13.8 Å².